The maximum atomic E-state index is 12.9. The van der Waals surface area contributed by atoms with Crippen LogP contribution in [0, 0.1) is 11.7 Å². The van der Waals surface area contributed by atoms with Crippen LogP contribution < -0.4 is 5.32 Å². The van der Waals surface area contributed by atoms with Crippen LogP contribution in [0.4, 0.5) is 4.39 Å². The van der Waals surface area contributed by atoms with Crippen molar-refractivity contribution in [1.29, 1.82) is 0 Å². The van der Waals surface area contributed by atoms with Crippen molar-refractivity contribution in [3.63, 3.8) is 0 Å². The third kappa shape index (κ3) is 2.83. The Bertz CT molecular complexity index is 378. The molecule has 3 heteroatoms. The predicted molar refractivity (Wildman–Crippen MR) is 68.1 cm³/mol. The van der Waals surface area contributed by atoms with Crippen molar-refractivity contribution in [1.82, 2.24) is 5.32 Å². The third-order valence-corrected chi connectivity index (χ3v) is 3.76. The van der Waals surface area contributed by atoms with Gasteiger partial charge >= 0.3 is 0 Å². The fourth-order valence-electron chi connectivity index (χ4n) is 2.04. The highest BCUT2D eigenvalue weighted by molar-refractivity contribution is 9.10. The number of hydrogen-bond donors (Lipinski definition) is 1. The normalized spacial score (nSPS) is 23.8. The van der Waals surface area contributed by atoms with E-state index in [2.05, 4.69) is 35.1 Å². The van der Waals surface area contributed by atoms with Gasteiger partial charge in [0.15, 0.2) is 0 Å². The molecule has 1 aromatic carbocycles. The molecular formula is C13H17BrFN. The van der Waals surface area contributed by atoms with Gasteiger partial charge in [-0.25, -0.2) is 4.39 Å². The zero-order chi connectivity index (χ0) is 11.7. The monoisotopic (exact) mass is 285 g/mol. The molecule has 1 saturated carbocycles. The van der Waals surface area contributed by atoms with Crippen LogP contribution in [0.2, 0.25) is 0 Å². The van der Waals surface area contributed by atoms with E-state index in [9.17, 15) is 4.39 Å². The van der Waals surface area contributed by atoms with E-state index >= 15 is 0 Å². The van der Waals surface area contributed by atoms with E-state index in [-0.39, 0.29) is 5.82 Å². The summed E-state index contributed by atoms with van der Waals surface area (Å²) in [7, 11) is 0. The first kappa shape index (κ1) is 12.1. The molecule has 1 aliphatic carbocycles. The van der Waals surface area contributed by atoms with Gasteiger partial charge in [0.05, 0.1) is 0 Å². The Balaban J connectivity index is 1.95. The van der Waals surface area contributed by atoms with Crippen molar-refractivity contribution < 1.29 is 4.39 Å². The number of halogens is 2. The molecule has 88 valence electrons. The van der Waals surface area contributed by atoms with Crippen molar-refractivity contribution >= 4 is 15.9 Å². The first-order valence-corrected chi connectivity index (χ1v) is 6.55. The first-order valence-electron chi connectivity index (χ1n) is 5.76. The van der Waals surface area contributed by atoms with Crippen molar-refractivity contribution in [2.24, 2.45) is 5.92 Å². The van der Waals surface area contributed by atoms with E-state index in [1.807, 2.05) is 6.07 Å². The summed E-state index contributed by atoms with van der Waals surface area (Å²) in [6.45, 7) is 5.38. The predicted octanol–water partition coefficient (Wildman–Crippen LogP) is 3.69. The molecule has 0 spiro atoms. The van der Waals surface area contributed by atoms with E-state index in [0.29, 0.717) is 17.9 Å². The average Bonchev–Trinajstić information content (AvgIpc) is 2.94. The van der Waals surface area contributed by atoms with Crippen molar-refractivity contribution in [3.05, 3.63) is 34.1 Å². The fraction of sp³-hybridized carbons (Fsp3) is 0.538. The molecular weight excluding hydrogens is 269 g/mol. The van der Waals surface area contributed by atoms with E-state index < -0.39 is 0 Å². The highest BCUT2D eigenvalue weighted by Crippen LogP contribution is 2.49. The fourth-order valence-corrected chi connectivity index (χ4v) is 2.69. The topological polar surface area (TPSA) is 12.0 Å². The summed E-state index contributed by atoms with van der Waals surface area (Å²) >= 11 is 3.43. The van der Waals surface area contributed by atoms with E-state index in [0.717, 1.165) is 11.0 Å². The van der Waals surface area contributed by atoms with E-state index in [1.54, 1.807) is 12.1 Å². The molecule has 0 aliphatic heterocycles. The number of benzene rings is 1. The molecule has 0 radical (unpaired) electrons. The van der Waals surface area contributed by atoms with Gasteiger partial charge in [-0.05, 0) is 42.5 Å². The third-order valence-electron chi connectivity index (χ3n) is 3.07. The van der Waals surface area contributed by atoms with E-state index in [1.165, 1.54) is 12.0 Å². The standard InChI is InChI=1S/C13H17BrFN/c1-8(2)16-7-9-5-12(9)11-4-3-10(15)6-13(11)14/h3-4,6,8-9,12,16H,5,7H2,1-2H3. The Morgan fingerprint density at radius 3 is 2.88 bits per heavy atom. The van der Waals surface area contributed by atoms with Gasteiger partial charge in [0.1, 0.15) is 5.82 Å². The lowest BCUT2D eigenvalue weighted by molar-refractivity contribution is 0.554. The second-order valence-electron chi connectivity index (χ2n) is 4.83. The van der Waals surface area contributed by atoms with Gasteiger partial charge < -0.3 is 5.32 Å². The van der Waals surface area contributed by atoms with Gasteiger partial charge in [-0.1, -0.05) is 35.8 Å². The minimum absolute atomic E-state index is 0.173. The second-order valence-corrected chi connectivity index (χ2v) is 5.69. The number of hydrogen-bond acceptors (Lipinski definition) is 1. The smallest absolute Gasteiger partial charge is 0.124 e. The maximum absolute atomic E-state index is 12.9. The molecule has 1 aromatic rings. The summed E-state index contributed by atoms with van der Waals surface area (Å²) < 4.78 is 13.8. The Hall–Kier alpha value is -0.410. The molecule has 1 fully saturated rings. The lowest BCUT2D eigenvalue weighted by Crippen LogP contribution is -2.25. The maximum Gasteiger partial charge on any atom is 0.124 e. The summed E-state index contributed by atoms with van der Waals surface area (Å²) in [5, 5.41) is 3.45. The molecule has 2 rings (SSSR count). The van der Waals surface area contributed by atoms with Crippen molar-refractivity contribution in [3.8, 4) is 0 Å². The Kier molecular flexibility index (Phi) is 3.65. The van der Waals surface area contributed by atoms with Crippen LogP contribution in [0.15, 0.2) is 22.7 Å². The van der Waals surface area contributed by atoms with Crippen LogP contribution >= 0.6 is 15.9 Å². The van der Waals surface area contributed by atoms with Crippen LogP contribution in [-0.4, -0.2) is 12.6 Å². The molecule has 1 aliphatic rings. The van der Waals surface area contributed by atoms with Gasteiger partial charge in [0.25, 0.3) is 0 Å². The van der Waals surface area contributed by atoms with Gasteiger partial charge in [0.2, 0.25) is 0 Å². The molecule has 0 amide bonds. The van der Waals surface area contributed by atoms with Crippen LogP contribution in [-0.2, 0) is 0 Å². The Labute approximate surface area is 105 Å². The minimum atomic E-state index is -0.173. The average molecular weight is 286 g/mol. The molecule has 16 heavy (non-hydrogen) atoms. The lowest BCUT2D eigenvalue weighted by atomic mass is 10.1. The largest absolute Gasteiger partial charge is 0.314 e. The zero-order valence-electron chi connectivity index (χ0n) is 9.63. The van der Waals surface area contributed by atoms with Gasteiger partial charge in [-0.15, -0.1) is 0 Å². The van der Waals surface area contributed by atoms with Gasteiger partial charge in [-0.2, -0.15) is 0 Å². The highest BCUT2D eigenvalue weighted by atomic mass is 79.9. The summed E-state index contributed by atoms with van der Waals surface area (Å²) in [5.74, 6) is 1.14. The Morgan fingerprint density at radius 2 is 2.25 bits per heavy atom. The van der Waals surface area contributed by atoms with Crippen LogP contribution in [0.25, 0.3) is 0 Å². The summed E-state index contributed by atoms with van der Waals surface area (Å²) in [5.41, 5.74) is 1.25. The lowest BCUT2D eigenvalue weighted by Gasteiger charge is -2.08. The molecule has 1 nitrogen and oxygen atoms in total. The highest BCUT2D eigenvalue weighted by Gasteiger charge is 2.38. The van der Waals surface area contributed by atoms with Gasteiger partial charge in [-0.3, -0.25) is 0 Å². The second kappa shape index (κ2) is 4.84. The number of rotatable bonds is 4. The molecule has 0 saturated heterocycles. The Morgan fingerprint density at radius 1 is 1.50 bits per heavy atom. The first-order chi connectivity index (χ1) is 7.58. The minimum Gasteiger partial charge on any atom is -0.314 e. The van der Waals surface area contributed by atoms with Gasteiger partial charge in [0, 0.05) is 10.5 Å². The quantitative estimate of drug-likeness (QED) is 0.890. The molecule has 0 bridgehead atoms. The SMILES string of the molecule is CC(C)NCC1CC1c1ccc(F)cc1Br. The van der Waals surface area contributed by atoms with Crippen LogP contribution in [0.5, 0.6) is 0 Å². The molecule has 2 unspecified atom stereocenters. The molecule has 2 atom stereocenters. The van der Waals surface area contributed by atoms with E-state index in [4.69, 9.17) is 0 Å². The summed E-state index contributed by atoms with van der Waals surface area (Å²) in [6, 6.07) is 5.55. The van der Waals surface area contributed by atoms with Crippen LogP contribution in [0.1, 0.15) is 31.7 Å². The number of nitrogens with one attached hydrogen (secondary N) is 1. The summed E-state index contributed by atoms with van der Waals surface area (Å²) in [6.07, 6.45) is 1.21. The molecule has 0 heterocycles. The van der Waals surface area contributed by atoms with Crippen molar-refractivity contribution in [2.45, 2.75) is 32.2 Å². The van der Waals surface area contributed by atoms with Crippen molar-refractivity contribution in [2.75, 3.05) is 6.54 Å². The summed E-state index contributed by atoms with van der Waals surface area (Å²) in [4.78, 5) is 0. The molecule has 1 N–H and O–H groups in total. The molecule has 0 aromatic heterocycles. The van der Waals surface area contributed by atoms with Crippen LogP contribution in [0.3, 0.4) is 0 Å². The zero-order valence-corrected chi connectivity index (χ0v) is 11.2.